The van der Waals surface area contributed by atoms with Crippen LogP contribution in [0.25, 0.3) is 0 Å². The van der Waals surface area contributed by atoms with E-state index >= 15 is 0 Å². The first-order valence-electron chi connectivity index (χ1n) is 11.8. The molecule has 0 bridgehead atoms. The molecule has 0 aromatic heterocycles. The van der Waals surface area contributed by atoms with E-state index in [-0.39, 0.29) is 19.6 Å². The largest absolute Gasteiger partial charge is 0.448 e. The lowest BCUT2D eigenvalue weighted by Gasteiger charge is -2.38. The Labute approximate surface area is 206 Å². The molecule has 1 atom stereocenters. The van der Waals surface area contributed by atoms with Crippen LogP contribution in [0.4, 0.5) is 9.59 Å². The lowest BCUT2D eigenvalue weighted by atomic mass is 9.97. The first-order valence-corrected chi connectivity index (χ1v) is 11.8. The number of cyclic esters (lactones) is 1. The van der Waals surface area contributed by atoms with Crippen molar-refractivity contribution in [2.24, 2.45) is 5.84 Å². The molecule has 1 heterocycles. The number of aryl methyl sites for hydroxylation is 1. The number of amides is 2. The van der Waals surface area contributed by atoms with Crippen molar-refractivity contribution >= 4 is 12.2 Å². The van der Waals surface area contributed by atoms with E-state index in [0.29, 0.717) is 11.4 Å². The second-order valence-electron chi connectivity index (χ2n) is 9.53. The second kappa shape index (κ2) is 11.5. The smallest absolute Gasteiger partial charge is 0.424 e. The van der Waals surface area contributed by atoms with Crippen molar-refractivity contribution in [2.75, 3.05) is 19.7 Å². The van der Waals surface area contributed by atoms with Crippen molar-refractivity contribution in [1.29, 1.82) is 0 Å². The average Bonchev–Trinajstić information content (AvgIpc) is 3.08. The molecule has 4 N–H and O–H groups in total. The van der Waals surface area contributed by atoms with Gasteiger partial charge in [-0.1, -0.05) is 60.7 Å². The van der Waals surface area contributed by atoms with Gasteiger partial charge in [-0.2, -0.15) is 0 Å². The summed E-state index contributed by atoms with van der Waals surface area (Å²) in [5.41, 5.74) is 1.18. The van der Waals surface area contributed by atoms with Gasteiger partial charge in [0, 0.05) is 0 Å². The highest BCUT2D eigenvalue weighted by Crippen LogP contribution is 2.26. The molecule has 0 saturated carbocycles. The van der Waals surface area contributed by atoms with E-state index in [4.69, 9.17) is 15.3 Å². The van der Waals surface area contributed by atoms with Gasteiger partial charge in [0.05, 0.1) is 19.7 Å². The highest BCUT2D eigenvalue weighted by molar-refractivity contribution is 5.71. The maximum absolute atomic E-state index is 12.7. The molecule has 9 nitrogen and oxygen atoms in total. The van der Waals surface area contributed by atoms with Gasteiger partial charge in [-0.05, 0) is 50.7 Å². The molecule has 2 aromatic carbocycles. The van der Waals surface area contributed by atoms with Crippen molar-refractivity contribution in [3.8, 4) is 0 Å². The molecule has 1 saturated heterocycles. The molecule has 0 radical (unpaired) electrons. The van der Waals surface area contributed by atoms with Gasteiger partial charge in [0.15, 0.2) is 0 Å². The van der Waals surface area contributed by atoms with Crippen LogP contribution in [0.2, 0.25) is 0 Å². The molecule has 9 heteroatoms. The predicted molar refractivity (Wildman–Crippen MR) is 130 cm³/mol. The number of benzene rings is 2. The van der Waals surface area contributed by atoms with E-state index in [1.807, 2.05) is 36.4 Å². The zero-order valence-electron chi connectivity index (χ0n) is 20.3. The maximum atomic E-state index is 12.7. The highest BCUT2D eigenvalue weighted by Gasteiger charge is 2.47. The summed E-state index contributed by atoms with van der Waals surface area (Å²) in [7, 11) is 0. The molecule has 35 heavy (non-hydrogen) atoms. The minimum absolute atomic E-state index is 0.0414. The summed E-state index contributed by atoms with van der Waals surface area (Å²) in [6.45, 7) is 3.29. The number of aliphatic hydroxyl groups is 2. The van der Waals surface area contributed by atoms with Crippen LogP contribution in [0.5, 0.6) is 0 Å². The second-order valence-corrected chi connectivity index (χ2v) is 9.53. The van der Waals surface area contributed by atoms with Crippen LogP contribution >= 0.6 is 0 Å². The molecule has 3 rings (SSSR count). The van der Waals surface area contributed by atoms with E-state index in [1.165, 1.54) is 10.5 Å². The summed E-state index contributed by atoms with van der Waals surface area (Å²) >= 11 is 0. The summed E-state index contributed by atoms with van der Waals surface area (Å²) in [6, 6.07) is 17.7. The Morgan fingerprint density at radius 2 is 1.71 bits per heavy atom. The fourth-order valence-corrected chi connectivity index (χ4v) is 4.12. The van der Waals surface area contributed by atoms with E-state index in [1.54, 1.807) is 38.1 Å². The Morgan fingerprint density at radius 1 is 1.11 bits per heavy atom. The van der Waals surface area contributed by atoms with Gasteiger partial charge in [-0.3, -0.25) is 4.90 Å². The van der Waals surface area contributed by atoms with Gasteiger partial charge in [0.25, 0.3) is 0 Å². The van der Waals surface area contributed by atoms with E-state index in [0.717, 1.165) is 18.4 Å². The van der Waals surface area contributed by atoms with Gasteiger partial charge in [0.2, 0.25) is 5.79 Å². The van der Waals surface area contributed by atoms with Crippen LogP contribution in [-0.2, 0) is 22.3 Å². The SMILES string of the molecule is CC1(C)CN(CC(O)(O)C(Cc2ccccc2)N(N)C(=O)OCCCCc2ccccc2)C(=O)O1. The lowest BCUT2D eigenvalue weighted by molar-refractivity contribution is -0.209. The van der Waals surface area contributed by atoms with Crippen LogP contribution in [0, 0.1) is 0 Å². The quantitative estimate of drug-likeness (QED) is 0.147. The van der Waals surface area contributed by atoms with E-state index < -0.39 is 36.2 Å². The third-order valence-corrected chi connectivity index (χ3v) is 5.90. The first kappa shape index (κ1) is 26.5. The van der Waals surface area contributed by atoms with Gasteiger partial charge >= 0.3 is 12.2 Å². The molecule has 1 aliphatic heterocycles. The Hall–Kier alpha value is -3.14. The normalized spacial score (nSPS) is 16.0. The number of hydrazine groups is 1. The summed E-state index contributed by atoms with van der Waals surface area (Å²) < 4.78 is 10.6. The van der Waals surface area contributed by atoms with Crippen molar-refractivity contribution in [2.45, 2.75) is 57.0 Å². The number of rotatable bonds is 11. The number of nitrogens with zero attached hydrogens (tertiary/aromatic N) is 2. The number of nitrogens with two attached hydrogens (primary N) is 1. The molecular weight excluding hydrogens is 450 g/mol. The summed E-state index contributed by atoms with van der Waals surface area (Å²) in [4.78, 5) is 26.1. The Kier molecular flexibility index (Phi) is 8.71. The third kappa shape index (κ3) is 7.68. The summed E-state index contributed by atoms with van der Waals surface area (Å²) in [6.07, 6.45) is 0.829. The monoisotopic (exact) mass is 485 g/mol. The molecule has 1 fully saturated rings. The molecule has 190 valence electrons. The summed E-state index contributed by atoms with van der Waals surface area (Å²) in [5.74, 6) is 3.55. The van der Waals surface area contributed by atoms with Gasteiger partial charge in [0.1, 0.15) is 11.6 Å². The number of carbonyl (C=O) groups is 2. The highest BCUT2D eigenvalue weighted by atomic mass is 16.6. The van der Waals surface area contributed by atoms with Crippen LogP contribution in [0.15, 0.2) is 60.7 Å². The third-order valence-electron chi connectivity index (χ3n) is 5.90. The fourth-order valence-electron chi connectivity index (χ4n) is 4.12. The van der Waals surface area contributed by atoms with Crippen molar-refractivity contribution < 1.29 is 29.3 Å². The Balaban J connectivity index is 1.62. The van der Waals surface area contributed by atoms with E-state index in [2.05, 4.69) is 0 Å². The number of ether oxygens (including phenoxy) is 2. The number of unbranched alkanes of at least 4 members (excludes halogenated alkanes) is 1. The molecule has 0 aliphatic carbocycles. The molecule has 1 unspecified atom stereocenters. The van der Waals surface area contributed by atoms with E-state index in [9.17, 15) is 19.8 Å². The predicted octanol–water partition coefficient (Wildman–Crippen LogP) is 2.84. The topological polar surface area (TPSA) is 126 Å². The van der Waals surface area contributed by atoms with Crippen LogP contribution in [-0.4, -0.2) is 69.4 Å². The minimum Gasteiger partial charge on any atom is -0.448 e. The van der Waals surface area contributed by atoms with Crippen LogP contribution < -0.4 is 5.84 Å². The zero-order valence-corrected chi connectivity index (χ0v) is 20.3. The average molecular weight is 486 g/mol. The number of hydrogen-bond acceptors (Lipinski definition) is 7. The van der Waals surface area contributed by atoms with Crippen molar-refractivity contribution in [3.05, 3.63) is 71.8 Å². The summed E-state index contributed by atoms with van der Waals surface area (Å²) in [5, 5.41) is 22.7. The maximum Gasteiger partial charge on any atom is 0.424 e. The molecule has 2 amide bonds. The number of hydrogen-bond donors (Lipinski definition) is 3. The van der Waals surface area contributed by atoms with Crippen molar-refractivity contribution in [1.82, 2.24) is 9.91 Å². The zero-order chi connectivity index (χ0) is 25.5. The van der Waals surface area contributed by atoms with Gasteiger partial charge in [-0.15, -0.1) is 0 Å². The van der Waals surface area contributed by atoms with Crippen LogP contribution in [0.3, 0.4) is 0 Å². The minimum atomic E-state index is -2.52. The molecule has 1 aliphatic rings. The molecule has 2 aromatic rings. The number of carbonyl (C=O) groups excluding carboxylic acids is 2. The van der Waals surface area contributed by atoms with Crippen LogP contribution in [0.1, 0.15) is 37.8 Å². The Bertz CT molecular complexity index is 968. The van der Waals surface area contributed by atoms with Crippen molar-refractivity contribution in [3.63, 3.8) is 0 Å². The fraction of sp³-hybridized carbons (Fsp3) is 0.462. The first-order chi connectivity index (χ1) is 16.6. The Morgan fingerprint density at radius 3 is 2.29 bits per heavy atom. The number of β-amino-alcohol motifs (C(OH)–C–C–N with tert-alkyl or cyclic N) is 2. The van der Waals surface area contributed by atoms with Gasteiger partial charge in [-0.25, -0.2) is 20.4 Å². The molecule has 0 spiro atoms. The van der Waals surface area contributed by atoms with Gasteiger partial charge < -0.3 is 19.7 Å². The standard InChI is InChI=1S/C26H35N3O6/c1-25(2)18-28(23(30)35-25)19-26(32,33)22(17-21-14-7-4-8-15-21)29(27)24(31)34-16-10-9-13-20-11-5-3-6-12-20/h3-8,11-12,14-15,22,32-33H,9-10,13,16-19,27H2,1-2H3. The molecular formula is C26H35N3O6. The lowest BCUT2D eigenvalue weighted by Crippen LogP contribution is -2.63.